The van der Waals surface area contributed by atoms with Gasteiger partial charge in [-0.15, -0.1) is 0 Å². The van der Waals surface area contributed by atoms with E-state index in [1.165, 1.54) is 10.8 Å². The first-order chi connectivity index (χ1) is 7.36. The van der Waals surface area contributed by atoms with Gasteiger partial charge in [0.25, 0.3) is 0 Å². The number of hydrogen-bond donors (Lipinski definition) is 3. The zero-order valence-corrected chi connectivity index (χ0v) is 8.70. The topological polar surface area (TPSA) is 50.1 Å². The van der Waals surface area contributed by atoms with Crippen molar-refractivity contribution in [3.63, 3.8) is 0 Å². The Hall–Kier alpha value is -1.42. The molecule has 0 aromatic heterocycles. The van der Waals surface area contributed by atoms with Crippen molar-refractivity contribution in [1.82, 2.24) is 10.7 Å². The highest BCUT2D eigenvalue weighted by atomic mass is 15.3. The van der Waals surface area contributed by atoms with Gasteiger partial charge in [-0.25, -0.2) is 5.43 Å². The van der Waals surface area contributed by atoms with Crippen molar-refractivity contribution in [2.45, 2.75) is 6.17 Å². The molecule has 0 aliphatic rings. The van der Waals surface area contributed by atoms with Gasteiger partial charge in [0.2, 0.25) is 0 Å². The molecule has 1 atom stereocenters. The Kier molecular flexibility index (Phi) is 2.97. The molecule has 0 amide bonds. The van der Waals surface area contributed by atoms with Crippen LogP contribution in [0.2, 0.25) is 0 Å². The van der Waals surface area contributed by atoms with E-state index >= 15 is 0 Å². The Morgan fingerprint density at radius 1 is 1.07 bits per heavy atom. The van der Waals surface area contributed by atoms with Crippen LogP contribution in [0.25, 0.3) is 10.8 Å². The number of nitrogens with two attached hydrogens (primary N) is 1. The summed E-state index contributed by atoms with van der Waals surface area (Å²) < 4.78 is 0. The van der Waals surface area contributed by atoms with Gasteiger partial charge in [0, 0.05) is 0 Å². The van der Waals surface area contributed by atoms with Crippen LogP contribution >= 0.6 is 0 Å². The molecule has 0 saturated heterocycles. The molecule has 0 fully saturated rings. The van der Waals surface area contributed by atoms with Crippen molar-refractivity contribution in [1.29, 1.82) is 0 Å². The zero-order chi connectivity index (χ0) is 10.7. The maximum absolute atomic E-state index is 5.49. The normalized spacial score (nSPS) is 12.9. The maximum atomic E-state index is 5.49. The van der Waals surface area contributed by atoms with E-state index in [-0.39, 0.29) is 6.17 Å². The predicted octanol–water partition coefficient (Wildman–Crippen LogP) is 1.52. The summed E-state index contributed by atoms with van der Waals surface area (Å²) in [6.45, 7) is 0. The molecule has 0 heterocycles. The Balaban J connectivity index is 2.59. The summed E-state index contributed by atoms with van der Waals surface area (Å²) in [6, 6.07) is 14.5. The summed E-state index contributed by atoms with van der Waals surface area (Å²) in [6.07, 6.45) is -0.0175. The molecule has 2 rings (SSSR count). The monoisotopic (exact) mass is 201 g/mol. The first kappa shape index (κ1) is 10.1. The fourth-order valence-corrected chi connectivity index (χ4v) is 1.83. The molecule has 0 bridgehead atoms. The highest BCUT2D eigenvalue weighted by Gasteiger charge is 2.09. The second kappa shape index (κ2) is 4.40. The van der Waals surface area contributed by atoms with Crippen LogP contribution in [0.4, 0.5) is 0 Å². The van der Waals surface area contributed by atoms with Gasteiger partial charge < -0.3 is 5.32 Å². The highest BCUT2D eigenvalue weighted by molar-refractivity contribution is 5.86. The van der Waals surface area contributed by atoms with Gasteiger partial charge in [-0.3, -0.25) is 5.84 Å². The number of nitrogens with one attached hydrogen (secondary N) is 2. The third-order valence-corrected chi connectivity index (χ3v) is 2.59. The van der Waals surface area contributed by atoms with Gasteiger partial charge in [-0.2, -0.15) is 0 Å². The summed E-state index contributed by atoms with van der Waals surface area (Å²) >= 11 is 0. The number of hydrogen-bond acceptors (Lipinski definition) is 3. The summed E-state index contributed by atoms with van der Waals surface area (Å²) in [5, 5.41) is 5.57. The second-order valence-electron chi connectivity index (χ2n) is 3.46. The van der Waals surface area contributed by atoms with Crippen molar-refractivity contribution in [3.05, 3.63) is 48.0 Å². The van der Waals surface area contributed by atoms with Crippen LogP contribution in [-0.2, 0) is 0 Å². The van der Waals surface area contributed by atoms with E-state index in [1.807, 2.05) is 25.2 Å². The van der Waals surface area contributed by atoms with E-state index in [0.717, 1.165) is 5.56 Å². The first-order valence-electron chi connectivity index (χ1n) is 4.98. The Bertz CT molecular complexity index is 444. The van der Waals surface area contributed by atoms with E-state index < -0.39 is 0 Å². The number of hydrazine groups is 1. The predicted molar refractivity (Wildman–Crippen MR) is 63.1 cm³/mol. The lowest BCUT2D eigenvalue weighted by Gasteiger charge is -2.17. The molecule has 0 aliphatic carbocycles. The molecule has 0 aliphatic heterocycles. The molecule has 4 N–H and O–H groups in total. The molecule has 3 heteroatoms. The third-order valence-electron chi connectivity index (χ3n) is 2.59. The van der Waals surface area contributed by atoms with Crippen LogP contribution in [0.1, 0.15) is 11.7 Å². The van der Waals surface area contributed by atoms with Crippen molar-refractivity contribution in [2.24, 2.45) is 5.84 Å². The van der Waals surface area contributed by atoms with Crippen molar-refractivity contribution < 1.29 is 0 Å². The van der Waals surface area contributed by atoms with Crippen LogP contribution in [0.5, 0.6) is 0 Å². The largest absolute Gasteiger partial charge is 0.300 e. The van der Waals surface area contributed by atoms with Crippen molar-refractivity contribution in [2.75, 3.05) is 7.05 Å². The van der Waals surface area contributed by atoms with Crippen LogP contribution < -0.4 is 16.6 Å². The van der Waals surface area contributed by atoms with Crippen LogP contribution in [-0.4, -0.2) is 7.05 Å². The summed E-state index contributed by atoms with van der Waals surface area (Å²) in [5.74, 6) is 5.49. The SMILES string of the molecule is CNC(NN)c1cccc2ccccc12. The molecule has 2 aromatic rings. The quantitative estimate of drug-likeness (QED) is 0.401. The Morgan fingerprint density at radius 2 is 1.80 bits per heavy atom. The van der Waals surface area contributed by atoms with E-state index in [4.69, 9.17) is 5.84 Å². The molecular weight excluding hydrogens is 186 g/mol. The molecule has 78 valence electrons. The molecule has 3 nitrogen and oxygen atoms in total. The Morgan fingerprint density at radius 3 is 2.53 bits per heavy atom. The zero-order valence-electron chi connectivity index (χ0n) is 8.70. The van der Waals surface area contributed by atoms with E-state index in [2.05, 4.69) is 35.0 Å². The third kappa shape index (κ3) is 1.85. The van der Waals surface area contributed by atoms with Gasteiger partial charge >= 0.3 is 0 Å². The fraction of sp³-hybridized carbons (Fsp3) is 0.167. The van der Waals surface area contributed by atoms with Gasteiger partial charge in [-0.05, 0) is 23.4 Å². The fourth-order valence-electron chi connectivity index (χ4n) is 1.83. The molecule has 0 spiro atoms. The highest BCUT2D eigenvalue weighted by Crippen LogP contribution is 2.22. The van der Waals surface area contributed by atoms with E-state index in [1.54, 1.807) is 0 Å². The van der Waals surface area contributed by atoms with Crippen LogP contribution in [0.3, 0.4) is 0 Å². The van der Waals surface area contributed by atoms with Gasteiger partial charge in [0.1, 0.15) is 0 Å². The molecule has 0 saturated carbocycles. The lowest BCUT2D eigenvalue weighted by Crippen LogP contribution is -2.36. The summed E-state index contributed by atoms with van der Waals surface area (Å²) in [4.78, 5) is 0. The van der Waals surface area contributed by atoms with Crippen molar-refractivity contribution in [3.8, 4) is 0 Å². The molecule has 15 heavy (non-hydrogen) atoms. The maximum Gasteiger partial charge on any atom is 0.0964 e. The van der Waals surface area contributed by atoms with Gasteiger partial charge in [-0.1, -0.05) is 42.5 Å². The standard InChI is InChI=1S/C12H15N3/c1-14-12(15-13)11-8-4-6-9-5-2-3-7-10(9)11/h2-8,12,14-15H,13H2,1H3. The molecule has 1 unspecified atom stereocenters. The minimum atomic E-state index is -0.0175. The van der Waals surface area contributed by atoms with Gasteiger partial charge in [0.15, 0.2) is 0 Å². The minimum absolute atomic E-state index is 0.0175. The van der Waals surface area contributed by atoms with Crippen LogP contribution in [0.15, 0.2) is 42.5 Å². The van der Waals surface area contributed by atoms with Gasteiger partial charge in [0.05, 0.1) is 6.17 Å². The lowest BCUT2D eigenvalue weighted by molar-refractivity contribution is 0.492. The molecule has 2 aromatic carbocycles. The smallest absolute Gasteiger partial charge is 0.0964 e. The second-order valence-corrected chi connectivity index (χ2v) is 3.46. The van der Waals surface area contributed by atoms with Crippen LogP contribution in [0, 0.1) is 0 Å². The average Bonchev–Trinajstić information content (AvgIpc) is 2.31. The molecular formula is C12H15N3. The number of benzene rings is 2. The number of fused-ring (bicyclic) bond motifs is 1. The number of rotatable bonds is 3. The minimum Gasteiger partial charge on any atom is -0.300 e. The Labute approximate surface area is 89.3 Å². The lowest BCUT2D eigenvalue weighted by atomic mass is 10.0. The van der Waals surface area contributed by atoms with E-state index in [9.17, 15) is 0 Å². The summed E-state index contributed by atoms with van der Waals surface area (Å²) in [7, 11) is 1.88. The molecule has 0 radical (unpaired) electrons. The summed E-state index contributed by atoms with van der Waals surface area (Å²) in [5.41, 5.74) is 3.91. The average molecular weight is 201 g/mol. The van der Waals surface area contributed by atoms with Crippen molar-refractivity contribution >= 4 is 10.8 Å². The van der Waals surface area contributed by atoms with E-state index in [0.29, 0.717) is 0 Å². The first-order valence-corrected chi connectivity index (χ1v) is 4.98.